The Hall–Kier alpha value is -3.43. The number of aliphatic imine (C=N–C) groups is 1. The Morgan fingerprint density at radius 2 is 0.629 bits per heavy atom. The van der Waals surface area contributed by atoms with Gasteiger partial charge in [0.25, 0.3) is 0 Å². The summed E-state index contributed by atoms with van der Waals surface area (Å²) in [6.45, 7) is 49.8. The van der Waals surface area contributed by atoms with Crippen molar-refractivity contribution in [1.82, 2.24) is 0 Å². The number of benzene rings is 9. The number of phenolic OH excluding ortho intramolecular Hbond substituents is 1. The third-order valence-electron chi connectivity index (χ3n) is 26.8. The van der Waals surface area contributed by atoms with E-state index >= 15 is 0 Å². The van der Waals surface area contributed by atoms with Gasteiger partial charge in [-0.15, -0.1) is 0 Å². The molecule has 0 amide bonds. The number of halogens is 6. The number of phenols is 1. The van der Waals surface area contributed by atoms with Crippen LogP contribution in [0.2, 0.25) is 11.1 Å². The number of aryl methyl sites for hydroxylation is 13. The largest absolute Gasteiger partial charge is 4.00 e. The van der Waals surface area contributed by atoms with Gasteiger partial charge in [0.15, 0.2) is 16.1 Å². The van der Waals surface area contributed by atoms with Crippen LogP contribution in [-0.2, 0) is 56.5 Å². The third kappa shape index (κ3) is 23.3. The van der Waals surface area contributed by atoms with E-state index in [4.69, 9.17) is 65.6 Å². The van der Waals surface area contributed by atoms with Gasteiger partial charge >= 0.3 is 107 Å². The molecule has 8 atom stereocenters. The maximum absolute atomic E-state index is 11.5. The van der Waals surface area contributed by atoms with Gasteiger partial charge in [0.05, 0.1) is 12.8 Å². The van der Waals surface area contributed by atoms with Gasteiger partial charge in [0.2, 0.25) is 0 Å². The van der Waals surface area contributed by atoms with Crippen LogP contribution in [0.5, 0.6) is 11.5 Å². The van der Waals surface area contributed by atoms with E-state index in [0.717, 1.165) is 69.6 Å². The molecule has 1 N–H and O–H groups in total. The van der Waals surface area contributed by atoms with Gasteiger partial charge in [0.1, 0.15) is 11.5 Å². The number of nitrogens with zero attached hydrogens (tertiary/aromatic N) is 1. The predicted octanol–water partition coefficient (Wildman–Crippen LogP) is 27.8. The monoisotopic (exact) mass is 1820 g/mol. The van der Waals surface area contributed by atoms with Crippen molar-refractivity contribution in [2.75, 3.05) is 7.11 Å². The number of rotatable bonds is 13. The summed E-state index contributed by atoms with van der Waals surface area (Å²) in [4.78, 5) is 4.88. The molecule has 116 heavy (non-hydrogen) atoms. The van der Waals surface area contributed by atoms with Gasteiger partial charge in [-0.3, -0.25) is 4.99 Å². The van der Waals surface area contributed by atoms with Crippen LogP contribution in [0, 0.1) is 192 Å². The molecule has 6 saturated carbocycles. The molecule has 14 heteroatoms. The van der Waals surface area contributed by atoms with E-state index in [2.05, 4.69) is 279 Å². The first kappa shape index (κ1) is 105. The number of hydrogen-bond donors (Lipinski definition) is 1. The molecule has 6 fully saturated rings. The van der Waals surface area contributed by atoms with E-state index in [0.29, 0.717) is 40.5 Å². The summed E-state index contributed by atoms with van der Waals surface area (Å²) in [5, 5.41) is 21.1. The number of ether oxygens (including phenoxy) is 1. The second kappa shape index (κ2) is 44.8. The standard InChI is InChI=1S/2C33H44Si.C31H33NO2.5CH3.6ClH.3Ti/c2*1-20-11-21(2)15-30(14-20)34(31-16-22(3)12-23(4)17-31,32-18-24(5)13-25(6)19-32)33-28(9)26(7)27(8)29(33)10;1-20-11-24(19-32-28-9-5-3-7-25(28)26-8-4-6-10-29(26)34-2)30(33)27(12-20)31-16-21-13-22(17-31)15-23(14-21)18-31;;;;;;;;;;;;;;/h2*11-19,26-29,33H,1-10H3;3-12,19,21-23,33H,13-18H2,1-2H3;5*1H3;6*1H;;;/q;;;5*-1;;;;;;;+3;2*+4/p-6. The Bertz CT molecular complexity index is 4110. The van der Waals surface area contributed by atoms with Gasteiger partial charge in [-0.25, -0.2) is 0 Å². The van der Waals surface area contributed by atoms with E-state index in [1.807, 2.05) is 42.6 Å². The zero-order valence-corrected chi connectivity index (χ0v) is 86.3. The van der Waals surface area contributed by atoms with Crippen LogP contribution in [0.15, 0.2) is 175 Å². The maximum Gasteiger partial charge on any atom is 4.00 e. The van der Waals surface area contributed by atoms with Crippen molar-refractivity contribution in [3.05, 3.63) is 290 Å². The molecule has 0 aromatic heterocycles. The van der Waals surface area contributed by atoms with Crippen LogP contribution in [-0.4, -0.2) is 34.6 Å². The zero-order valence-electron chi connectivity index (χ0n) is 75.1. The van der Waals surface area contributed by atoms with E-state index in [-0.39, 0.29) is 64.3 Å². The van der Waals surface area contributed by atoms with Crippen molar-refractivity contribution in [3.8, 4) is 22.6 Å². The molecule has 9 aromatic rings. The molecule has 4 bridgehead atoms. The minimum absolute atomic E-state index is 0. The molecule has 3 nitrogen and oxygen atoms in total. The Morgan fingerprint density at radius 1 is 0.388 bits per heavy atom. The maximum atomic E-state index is 11.5. The van der Waals surface area contributed by atoms with Gasteiger partial charge in [-0.2, -0.15) is 0 Å². The van der Waals surface area contributed by atoms with Gasteiger partial charge in [0, 0.05) is 28.5 Å². The average Bonchev–Trinajstić information content (AvgIpc) is 1.41. The number of para-hydroxylation sites is 2. The van der Waals surface area contributed by atoms with Gasteiger partial charge < -0.3 is 47.0 Å². The zero-order chi connectivity index (χ0) is 80.3. The molecule has 623 valence electrons. The molecule has 0 aliphatic heterocycles. The average molecular weight is 1820 g/mol. The number of aromatic hydroxyl groups is 1. The second-order valence-electron chi connectivity index (χ2n) is 35.2. The molecule has 6 aliphatic carbocycles. The van der Waals surface area contributed by atoms with E-state index < -0.39 is 45.5 Å². The van der Waals surface area contributed by atoms with Crippen LogP contribution in [0.25, 0.3) is 11.1 Å². The number of methoxy groups -OCH3 is 1. The van der Waals surface area contributed by atoms with Crippen molar-refractivity contribution in [2.24, 2.45) is 70.1 Å². The SMILES string of the molecule is COc1ccccc1-c1ccccc1N=Cc1cc(C)cc(C23CC4CC(CC(C4)C2)C3)c1O.Cc1cc(C)cc([Si](c2cc(C)cc(C)c2)(c2cc(C)cc(C)c2)C2C(C)C(C)C(C)C2C)c1.Cc1cc(C)cc([Si](c2cc(C)cc(C)c2)(c2cc(C)cc(C)c2)C2C(C)C(C)C(C)C2C)c1.[CH3-].[CH3-].[CH3-].[CH3-].[CH3-].[Cl][Ti+]([Cl])[Cl].[Cl][Ti]([Cl])[Cl].[Ti+4]. The summed E-state index contributed by atoms with van der Waals surface area (Å²) in [7, 11) is 26.8. The summed E-state index contributed by atoms with van der Waals surface area (Å²) in [6, 6.07) is 65.1. The fraction of sp³-hybridized carbons (Fsp3) is 0.412. The number of hydrogen-bond acceptors (Lipinski definition) is 3. The fourth-order valence-electron chi connectivity index (χ4n) is 22.7. The Balaban J connectivity index is 0.000000341. The predicted molar refractivity (Wildman–Crippen MR) is 511 cm³/mol. The van der Waals surface area contributed by atoms with Crippen molar-refractivity contribution < 1.29 is 60.9 Å². The Morgan fingerprint density at radius 3 is 0.897 bits per heavy atom. The quantitative estimate of drug-likeness (QED) is 0.0541. The minimum atomic E-state index is -2.39. The minimum Gasteiger partial charge on any atom is 4.00 e. The van der Waals surface area contributed by atoms with Crippen molar-refractivity contribution in [1.29, 1.82) is 0 Å². The summed E-state index contributed by atoms with van der Waals surface area (Å²) in [6.07, 6.45) is 9.77. The molecule has 0 heterocycles. The van der Waals surface area contributed by atoms with Crippen molar-refractivity contribution >= 4 is 115 Å². The third-order valence-corrected chi connectivity index (χ3v) is 38.1. The topological polar surface area (TPSA) is 41.8 Å². The Labute approximate surface area is 758 Å². The van der Waals surface area contributed by atoms with Crippen LogP contribution in [0.1, 0.15) is 177 Å². The van der Waals surface area contributed by atoms with E-state index in [1.165, 1.54) is 116 Å². The van der Waals surface area contributed by atoms with Crippen LogP contribution >= 0.6 is 55.8 Å². The summed E-state index contributed by atoms with van der Waals surface area (Å²) in [5.41, 5.74) is 24.2. The molecular weight excluding hydrogens is 1680 g/mol. The molecule has 8 unspecified atom stereocenters. The van der Waals surface area contributed by atoms with E-state index in [9.17, 15) is 5.11 Å². The van der Waals surface area contributed by atoms with Crippen molar-refractivity contribution in [2.45, 2.75) is 200 Å². The molecular formula is C102H136Cl6NO2Si2Ti3. The summed E-state index contributed by atoms with van der Waals surface area (Å²) < 4.78 is 5.59. The first-order valence-electron chi connectivity index (χ1n) is 40.2. The van der Waals surface area contributed by atoms with E-state index in [1.54, 1.807) is 38.2 Å². The molecule has 0 radical (unpaired) electrons. The van der Waals surface area contributed by atoms with Crippen LogP contribution in [0.3, 0.4) is 0 Å². The smallest absolute Gasteiger partial charge is 4.00 e. The summed E-state index contributed by atoms with van der Waals surface area (Å²) in [5.74, 6) is 9.44. The van der Waals surface area contributed by atoms with Crippen molar-refractivity contribution in [3.63, 3.8) is 0 Å². The van der Waals surface area contributed by atoms with Gasteiger partial charge in [-0.1, -0.05) is 274 Å². The first-order valence-corrected chi connectivity index (χ1v) is 57.3. The molecule has 6 aliphatic rings. The van der Waals surface area contributed by atoms with Gasteiger partial charge in [-0.05, 0) is 265 Å². The molecule has 9 aromatic carbocycles. The normalized spacial score (nSPS) is 23.2. The molecule has 0 saturated heterocycles. The molecule has 0 spiro atoms. The summed E-state index contributed by atoms with van der Waals surface area (Å²) >= 11 is -3.83. The first-order chi connectivity index (χ1) is 51.9. The second-order valence-corrected chi connectivity index (χ2v) is 58.7. The van der Waals surface area contributed by atoms with Crippen LogP contribution in [0.4, 0.5) is 5.69 Å². The Kier molecular flexibility index (Phi) is 40.5. The molecule has 15 rings (SSSR count). The fourth-order valence-corrected chi connectivity index (χ4v) is 36.8. The van der Waals surface area contributed by atoms with Crippen LogP contribution < -0.4 is 35.9 Å².